The second-order valence-corrected chi connectivity index (χ2v) is 10.3. The van der Waals surface area contributed by atoms with Gasteiger partial charge in [0.15, 0.2) is 0 Å². The summed E-state index contributed by atoms with van der Waals surface area (Å²) >= 11 is 3.08. The van der Waals surface area contributed by atoms with Gasteiger partial charge in [-0.25, -0.2) is 0 Å². The lowest BCUT2D eigenvalue weighted by Gasteiger charge is -2.17. The molecule has 0 aromatic heterocycles. The minimum absolute atomic E-state index is 0.00467. The van der Waals surface area contributed by atoms with Gasteiger partial charge >= 0.3 is 11.9 Å². The van der Waals surface area contributed by atoms with Crippen molar-refractivity contribution in [3.8, 4) is 5.75 Å². The SMILES string of the molecule is CCCCCCCCCCCOc1cccc(C(SCCC(=O)O)SCCC(=O)O)c1. The first-order chi connectivity index (χ1) is 15.0. The first-order valence-corrected chi connectivity index (χ1v) is 13.5. The molecule has 7 heteroatoms. The first kappa shape index (κ1) is 27.7. The molecule has 0 amide bonds. The average molecular weight is 471 g/mol. The molecule has 0 aliphatic heterocycles. The number of benzene rings is 1. The number of carboxylic acid groups (broad SMARTS) is 2. The van der Waals surface area contributed by atoms with Gasteiger partial charge in [-0.2, -0.15) is 0 Å². The van der Waals surface area contributed by atoms with Gasteiger partial charge < -0.3 is 14.9 Å². The maximum Gasteiger partial charge on any atom is 0.304 e. The molecule has 0 unspecified atom stereocenters. The number of aliphatic carboxylic acids is 2. The Morgan fingerprint density at radius 1 is 0.871 bits per heavy atom. The Hall–Kier alpha value is -1.34. The number of carboxylic acids is 2. The summed E-state index contributed by atoms with van der Waals surface area (Å²) in [4.78, 5) is 21.7. The lowest BCUT2D eigenvalue weighted by molar-refractivity contribution is -0.137. The van der Waals surface area contributed by atoms with Crippen molar-refractivity contribution in [2.24, 2.45) is 0 Å². The summed E-state index contributed by atoms with van der Waals surface area (Å²) < 4.78 is 5.93. The fourth-order valence-electron chi connectivity index (χ4n) is 3.10. The summed E-state index contributed by atoms with van der Waals surface area (Å²) in [6.45, 7) is 2.94. The third-order valence-corrected chi connectivity index (χ3v) is 7.66. The molecule has 0 aliphatic rings. The number of ether oxygens (including phenoxy) is 1. The summed E-state index contributed by atoms with van der Waals surface area (Å²) in [6, 6.07) is 7.89. The Labute approximate surface area is 195 Å². The number of rotatable bonds is 20. The molecule has 0 spiro atoms. The zero-order valence-electron chi connectivity index (χ0n) is 18.7. The Balaban J connectivity index is 2.40. The molecular weight excluding hydrogens is 432 g/mol. The molecule has 0 aliphatic carbocycles. The van der Waals surface area contributed by atoms with E-state index in [1.165, 1.54) is 51.4 Å². The maximum atomic E-state index is 10.8. The molecule has 0 fully saturated rings. The second-order valence-electron chi connectivity index (χ2n) is 7.61. The van der Waals surface area contributed by atoms with Gasteiger partial charge in [0, 0.05) is 11.5 Å². The van der Waals surface area contributed by atoms with Crippen LogP contribution < -0.4 is 4.74 Å². The highest BCUT2D eigenvalue weighted by Gasteiger charge is 2.15. The third kappa shape index (κ3) is 15.2. The van der Waals surface area contributed by atoms with Crippen LogP contribution in [0, 0.1) is 0 Å². The van der Waals surface area contributed by atoms with Crippen molar-refractivity contribution < 1.29 is 24.5 Å². The highest BCUT2D eigenvalue weighted by Crippen LogP contribution is 2.41. The Morgan fingerprint density at radius 3 is 1.97 bits per heavy atom. The smallest absolute Gasteiger partial charge is 0.304 e. The van der Waals surface area contributed by atoms with Crippen LogP contribution in [-0.2, 0) is 9.59 Å². The molecule has 0 atom stereocenters. The zero-order chi connectivity index (χ0) is 22.7. The van der Waals surface area contributed by atoms with E-state index in [9.17, 15) is 9.59 Å². The van der Waals surface area contributed by atoms with E-state index >= 15 is 0 Å². The molecule has 2 N–H and O–H groups in total. The van der Waals surface area contributed by atoms with Gasteiger partial charge in [0.05, 0.1) is 24.0 Å². The predicted molar refractivity (Wildman–Crippen MR) is 131 cm³/mol. The first-order valence-electron chi connectivity index (χ1n) is 11.4. The van der Waals surface area contributed by atoms with E-state index in [4.69, 9.17) is 14.9 Å². The number of carbonyl (C=O) groups is 2. The molecular formula is C24H38O5S2. The molecule has 31 heavy (non-hydrogen) atoms. The van der Waals surface area contributed by atoms with Crippen LogP contribution in [0.15, 0.2) is 24.3 Å². The largest absolute Gasteiger partial charge is 0.494 e. The van der Waals surface area contributed by atoms with Gasteiger partial charge in [0.2, 0.25) is 0 Å². The molecule has 0 saturated carbocycles. The summed E-state index contributed by atoms with van der Waals surface area (Å²) in [5.74, 6) is 0.159. The van der Waals surface area contributed by atoms with Gasteiger partial charge in [-0.05, 0) is 24.1 Å². The van der Waals surface area contributed by atoms with Crippen molar-refractivity contribution in [1.82, 2.24) is 0 Å². The Morgan fingerprint density at radius 2 is 1.42 bits per heavy atom. The van der Waals surface area contributed by atoms with Crippen LogP contribution in [0.3, 0.4) is 0 Å². The van der Waals surface area contributed by atoms with Gasteiger partial charge in [-0.3, -0.25) is 9.59 Å². The molecule has 176 valence electrons. The van der Waals surface area contributed by atoms with Gasteiger partial charge in [-0.1, -0.05) is 70.4 Å². The number of hydrogen-bond acceptors (Lipinski definition) is 5. The zero-order valence-corrected chi connectivity index (χ0v) is 20.4. The molecule has 1 aromatic carbocycles. The summed E-state index contributed by atoms with van der Waals surface area (Å²) in [6.07, 6.45) is 11.7. The third-order valence-electron chi connectivity index (χ3n) is 4.82. The molecule has 1 aromatic rings. The molecule has 5 nitrogen and oxygen atoms in total. The van der Waals surface area contributed by atoms with E-state index in [0.29, 0.717) is 18.1 Å². The molecule has 0 bridgehead atoms. The fourth-order valence-corrected chi connectivity index (χ4v) is 5.75. The Kier molecular flexibility index (Phi) is 16.3. The van der Waals surface area contributed by atoms with Crippen LogP contribution in [0.4, 0.5) is 0 Å². The minimum atomic E-state index is -0.820. The normalized spacial score (nSPS) is 11.0. The summed E-state index contributed by atoms with van der Waals surface area (Å²) in [7, 11) is 0. The monoisotopic (exact) mass is 470 g/mol. The average Bonchev–Trinajstić information content (AvgIpc) is 2.74. The van der Waals surface area contributed by atoms with Crippen molar-refractivity contribution in [3.63, 3.8) is 0 Å². The second kappa shape index (κ2) is 18.3. The fraction of sp³-hybridized carbons (Fsp3) is 0.667. The highest BCUT2D eigenvalue weighted by molar-refractivity contribution is 8.16. The predicted octanol–water partition coefficient (Wildman–Crippen LogP) is 7.01. The molecule has 0 saturated heterocycles. The van der Waals surface area contributed by atoms with E-state index in [1.807, 2.05) is 24.3 Å². The van der Waals surface area contributed by atoms with Crippen LogP contribution in [0.25, 0.3) is 0 Å². The number of unbranched alkanes of at least 4 members (excludes halogenated alkanes) is 8. The molecule has 1 rings (SSSR count). The van der Waals surface area contributed by atoms with Crippen LogP contribution in [0.1, 0.15) is 87.7 Å². The topological polar surface area (TPSA) is 83.8 Å². The number of hydrogen-bond donors (Lipinski definition) is 2. The summed E-state index contributed by atoms with van der Waals surface area (Å²) in [5, 5.41) is 17.8. The van der Waals surface area contributed by atoms with Crippen LogP contribution in [0.5, 0.6) is 5.75 Å². The van der Waals surface area contributed by atoms with E-state index in [0.717, 1.165) is 17.7 Å². The van der Waals surface area contributed by atoms with Crippen molar-refractivity contribution in [2.75, 3.05) is 18.1 Å². The minimum Gasteiger partial charge on any atom is -0.494 e. The van der Waals surface area contributed by atoms with Crippen molar-refractivity contribution in [3.05, 3.63) is 29.8 Å². The standard InChI is InChI=1S/C24H38O5S2/c1-2-3-4-5-6-7-8-9-10-16-29-21-13-11-12-20(19-21)24(30-17-14-22(25)26)31-18-15-23(27)28/h11-13,19,24H,2-10,14-18H2,1H3,(H,25,26)(H,27,28). The quantitative estimate of drug-likeness (QED) is 0.157. The lowest BCUT2D eigenvalue weighted by Crippen LogP contribution is -2.02. The highest BCUT2D eigenvalue weighted by atomic mass is 32.2. The van der Waals surface area contributed by atoms with Crippen molar-refractivity contribution in [1.29, 1.82) is 0 Å². The summed E-state index contributed by atoms with van der Waals surface area (Å²) in [5.41, 5.74) is 1.04. The van der Waals surface area contributed by atoms with E-state index in [-0.39, 0.29) is 17.4 Å². The van der Waals surface area contributed by atoms with E-state index in [2.05, 4.69) is 6.92 Å². The molecule has 0 heterocycles. The van der Waals surface area contributed by atoms with Crippen LogP contribution >= 0.6 is 23.5 Å². The van der Waals surface area contributed by atoms with Crippen LogP contribution in [0.2, 0.25) is 0 Å². The van der Waals surface area contributed by atoms with E-state index in [1.54, 1.807) is 23.5 Å². The molecule has 0 radical (unpaired) electrons. The van der Waals surface area contributed by atoms with Gasteiger partial charge in [-0.15, -0.1) is 23.5 Å². The maximum absolute atomic E-state index is 10.8. The lowest BCUT2D eigenvalue weighted by atomic mass is 10.1. The van der Waals surface area contributed by atoms with Gasteiger partial charge in [0.1, 0.15) is 5.75 Å². The van der Waals surface area contributed by atoms with Crippen molar-refractivity contribution >= 4 is 35.5 Å². The van der Waals surface area contributed by atoms with Gasteiger partial charge in [0.25, 0.3) is 0 Å². The van der Waals surface area contributed by atoms with E-state index < -0.39 is 11.9 Å². The van der Waals surface area contributed by atoms with Crippen LogP contribution in [-0.4, -0.2) is 40.3 Å². The van der Waals surface area contributed by atoms with Crippen molar-refractivity contribution in [2.45, 2.75) is 82.1 Å². The Bertz CT molecular complexity index is 604. The number of thioether (sulfide) groups is 2.